The predicted octanol–water partition coefficient (Wildman–Crippen LogP) is 4.64. The first-order valence-corrected chi connectivity index (χ1v) is 11.0. The quantitative estimate of drug-likeness (QED) is 0.478. The Hall–Kier alpha value is -2.39. The molecule has 0 bridgehead atoms. The zero-order chi connectivity index (χ0) is 21.3. The lowest BCUT2D eigenvalue weighted by atomic mass is 9.93. The second kappa shape index (κ2) is 8.77. The summed E-state index contributed by atoms with van der Waals surface area (Å²) < 4.78 is 8.32. The minimum atomic E-state index is -0.197. The second-order valence-electron chi connectivity index (χ2n) is 7.97. The van der Waals surface area contributed by atoms with E-state index >= 15 is 0 Å². The molecule has 30 heavy (non-hydrogen) atoms. The normalized spacial score (nSPS) is 19.3. The van der Waals surface area contributed by atoms with Crippen LogP contribution in [0.2, 0.25) is 0 Å². The van der Waals surface area contributed by atoms with Crippen molar-refractivity contribution >= 4 is 44.5 Å². The first-order chi connectivity index (χ1) is 14.4. The number of aliphatic hydroxyl groups is 1. The number of benzene rings is 1. The van der Waals surface area contributed by atoms with E-state index in [9.17, 15) is 5.11 Å². The summed E-state index contributed by atoms with van der Waals surface area (Å²) >= 11 is 3.52. The van der Waals surface area contributed by atoms with Gasteiger partial charge in [0.05, 0.1) is 19.5 Å². The Morgan fingerprint density at radius 2 is 1.93 bits per heavy atom. The number of imidazole rings is 1. The van der Waals surface area contributed by atoms with Gasteiger partial charge in [-0.2, -0.15) is 9.97 Å². The van der Waals surface area contributed by atoms with Gasteiger partial charge < -0.3 is 25.0 Å². The maximum Gasteiger partial charge on any atom is 0.227 e. The van der Waals surface area contributed by atoms with Crippen LogP contribution in [0.3, 0.4) is 0 Å². The third kappa shape index (κ3) is 4.52. The van der Waals surface area contributed by atoms with Crippen LogP contribution in [0.25, 0.3) is 11.2 Å². The average Bonchev–Trinajstić information content (AvgIpc) is 3.14. The second-order valence-corrected chi connectivity index (χ2v) is 8.88. The third-order valence-corrected chi connectivity index (χ3v) is 5.84. The van der Waals surface area contributed by atoms with Gasteiger partial charge in [-0.25, -0.2) is 4.98 Å². The largest absolute Gasteiger partial charge is 0.497 e. The molecule has 0 atom stereocenters. The van der Waals surface area contributed by atoms with Crippen LogP contribution in [-0.2, 0) is 0 Å². The Morgan fingerprint density at radius 1 is 1.17 bits per heavy atom. The zero-order valence-corrected chi connectivity index (χ0v) is 19.0. The van der Waals surface area contributed by atoms with Gasteiger partial charge in [-0.15, -0.1) is 0 Å². The topological polar surface area (TPSA) is 97.1 Å². The lowest BCUT2D eigenvalue weighted by Gasteiger charge is -2.26. The van der Waals surface area contributed by atoms with Crippen molar-refractivity contribution in [2.45, 2.75) is 57.7 Å². The van der Waals surface area contributed by atoms with Gasteiger partial charge in [0, 0.05) is 28.3 Å². The van der Waals surface area contributed by atoms with Gasteiger partial charge >= 0.3 is 0 Å². The van der Waals surface area contributed by atoms with Crippen LogP contribution in [-0.4, -0.2) is 43.9 Å². The molecule has 160 valence electrons. The molecule has 2 heterocycles. The fraction of sp³-hybridized carbons (Fsp3) is 0.476. The minimum absolute atomic E-state index is 0.197. The van der Waals surface area contributed by atoms with Crippen molar-refractivity contribution in [2.24, 2.45) is 0 Å². The number of nitrogens with one attached hydrogen (secondary N) is 2. The lowest BCUT2D eigenvalue weighted by molar-refractivity contribution is 0.126. The highest BCUT2D eigenvalue weighted by atomic mass is 79.9. The lowest BCUT2D eigenvalue weighted by Crippen LogP contribution is -2.29. The highest BCUT2D eigenvalue weighted by molar-refractivity contribution is 9.10. The Kier molecular flexibility index (Phi) is 6.10. The van der Waals surface area contributed by atoms with Gasteiger partial charge in [0.1, 0.15) is 5.75 Å². The molecule has 9 heteroatoms. The van der Waals surface area contributed by atoms with Crippen molar-refractivity contribution in [2.75, 3.05) is 17.7 Å². The summed E-state index contributed by atoms with van der Waals surface area (Å²) in [6.07, 6.45) is 5.00. The third-order valence-electron chi connectivity index (χ3n) is 5.38. The molecule has 1 saturated carbocycles. The predicted molar refractivity (Wildman–Crippen MR) is 122 cm³/mol. The first kappa shape index (κ1) is 20.9. The van der Waals surface area contributed by atoms with Gasteiger partial charge in [-0.1, -0.05) is 15.9 Å². The van der Waals surface area contributed by atoms with E-state index in [1.165, 1.54) is 0 Å². The summed E-state index contributed by atoms with van der Waals surface area (Å²) in [4.78, 5) is 14.1. The van der Waals surface area contributed by atoms with Crippen LogP contribution in [0.5, 0.6) is 5.75 Å². The molecule has 0 unspecified atom stereocenters. The molecule has 1 fully saturated rings. The molecular weight excluding hydrogens is 448 g/mol. The maximum absolute atomic E-state index is 9.78. The van der Waals surface area contributed by atoms with Crippen molar-refractivity contribution in [1.29, 1.82) is 0 Å². The molecule has 1 aromatic carbocycles. The number of rotatable bonds is 6. The molecule has 4 rings (SSSR count). The molecule has 0 spiro atoms. The van der Waals surface area contributed by atoms with Crippen LogP contribution in [0.15, 0.2) is 29.0 Å². The van der Waals surface area contributed by atoms with Gasteiger partial charge in [0.15, 0.2) is 17.0 Å². The summed E-state index contributed by atoms with van der Waals surface area (Å²) in [6.45, 7) is 4.20. The summed E-state index contributed by atoms with van der Waals surface area (Å²) in [5.74, 6) is 1.94. The summed E-state index contributed by atoms with van der Waals surface area (Å²) in [7, 11) is 1.64. The number of nitrogens with zero attached hydrogens (tertiary/aromatic N) is 4. The number of methoxy groups -OCH3 is 1. The number of aliphatic hydroxyl groups excluding tert-OH is 1. The van der Waals surface area contributed by atoms with Crippen molar-refractivity contribution in [3.05, 3.63) is 29.0 Å². The first-order valence-electron chi connectivity index (χ1n) is 10.2. The fourth-order valence-electron chi connectivity index (χ4n) is 3.74. The van der Waals surface area contributed by atoms with E-state index in [1.54, 1.807) is 13.4 Å². The Morgan fingerprint density at radius 3 is 2.63 bits per heavy atom. The number of ether oxygens (including phenoxy) is 1. The van der Waals surface area contributed by atoms with Gasteiger partial charge in [0.2, 0.25) is 5.95 Å². The molecule has 0 aliphatic heterocycles. The molecule has 1 aliphatic rings. The number of hydrogen-bond acceptors (Lipinski definition) is 7. The van der Waals surface area contributed by atoms with E-state index in [0.717, 1.165) is 47.2 Å². The highest BCUT2D eigenvalue weighted by Crippen LogP contribution is 2.30. The molecule has 1 aliphatic carbocycles. The van der Waals surface area contributed by atoms with Gasteiger partial charge in [-0.05, 0) is 51.7 Å². The smallest absolute Gasteiger partial charge is 0.227 e. The molecule has 0 saturated heterocycles. The SMILES string of the molecule is COc1cc(Br)cc(Nc2nc(NC3CCC(O)CC3)nc3c2ncn3C(C)C)c1. The standard InChI is InChI=1S/C21H27BrN6O2/c1-12(2)28-11-23-18-19(24-15-8-13(22)9-17(10-15)30-3)26-21(27-20(18)28)25-14-4-6-16(29)7-5-14/h8-12,14,16,29H,4-7H2,1-3H3,(H2,24,25,26,27). The monoisotopic (exact) mass is 474 g/mol. The van der Waals surface area contributed by atoms with E-state index < -0.39 is 0 Å². The van der Waals surface area contributed by atoms with Crippen LogP contribution in [0.4, 0.5) is 17.5 Å². The highest BCUT2D eigenvalue weighted by Gasteiger charge is 2.22. The average molecular weight is 475 g/mol. The number of anilines is 3. The van der Waals surface area contributed by atoms with E-state index in [-0.39, 0.29) is 18.2 Å². The summed E-state index contributed by atoms with van der Waals surface area (Å²) in [5, 5.41) is 16.6. The Balaban J connectivity index is 1.71. The van der Waals surface area contributed by atoms with Crippen molar-refractivity contribution < 1.29 is 9.84 Å². The zero-order valence-electron chi connectivity index (χ0n) is 17.4. The molecule has 8 nitrogen and oxygen atoms in total. The van der Waals surface area contributed by atoms with Gasteiger partial charge in [-0.3, -0.25) is 0 Å². The molecular formula is C21H27BrN6O2. The van der Waals surface area contributed by atoms with Gasteiger partial charge in [0.25, 0.3) is 0 Å². The van der Waals surface area contributed by atoms with E-state index in [0.29, 0.717) is 17.3 Å². The Bertz CT molecular complexity index is 1030. The molecule has 0 amide bonds. The van der Waals surface area contributed by atoms with Crippen molar-refractivity contribution in [1.82, 2.24) is 19.5 Å². The fourth-order valence-corrected chi connectivity index (χ4v) is 4.21. The van der Waals surface area contributed by atoms with Crippen molar-refractivity contribution in [3.8, 4) is 5.75 Å². The molecule has 3 aromatic rings. The van der Waals surface area contributed by atoms with E-state index in [2.05, 4.69) is 45.4 Å². The van der Waals surface area contributed by atoms with Crippen molar-refractivity contribution in [3.63, 3.8) is 0 Å². The van der Waals surface area contributed by atoms with E-state index in [4.69, 9.17) is 14.7 Å². The van der Waals surface area contributed by atoms with Crippen LogP contribution >= 0.6 is 15.9 Å². The van der Waals surface area contributed by atoms with Crippen LogP contribution < -0.4 is 15.4 Å². The van der Waals surface area contributed by atoms with Crippen LogP contribution in [0, 0.1) is 0 Å². The minimum Gasteiger partial charge on any atom is -0.497 e. The number of fused-ring (bicyclic) bond motifs is 1. The summed E-state index contributed by atoms with van der Waals surface area (Å²) in [6, 6.07) is 6.25. The summed E-state index contributed by atoms with van der Waals surface area (Å²) in [5.41, 5.74) is 2.34. The molecule has 0 radical (unpaired) electrons. The van der Waals surface area contributed by atoms with Crippen LogP contribution in [0.1, 0.15) is 45.6 Å². The number of aromatic nitrogens is 4. The molecule has 3 N–H and O–H groups in total. The van der Waals surface area contributed by atoms with E-state index in [1.807, 2.05) is 22.8 Å². The molecule has 2 aromatic heterocycles. The maximum atomic E-state index is 9.78. The number of halogens is 1. The Labute approximate surface area is 184 Å². The number of hydrogen-bond donors (Lipinski definition) is 3.